The van der Waals surface area contributed by atoms with Crippen LogP contribution in [0.25, 0.3) is 0 Å². The van der Waals surface area contributed by atoms with Crippen LogP contribution in [-0.4, -0.2) is 12.0 Å². The number of nitrogens with one attached hydrogen (secondary N) is 1. The summed E-state index contributed by atoms with van der Waals surface area (Å²) >= 11 is 1.89. The fourth-order valence-electron chi connectivity index (χ4n) is 2.13. The van der Waals surface area contributed by atoms with Gasteiger partial charge in [0.2, 0.25) is 0 Å². The van der Waals surface area contributed by atoms with Gasteiger partial charge in [0.25, 0.3) is 0 Å². The number of hydrogen-bond donors (Lipinski definition) is 1. The van der Waals surface area contributed by atoms with Gasteiger partial charge < -0.3 is 5.32 Å². The van der Waals surface area contributed by atoms with Gasteiger partial charge in [0.1, 0.15) is 5.01 Å². The van der Waals surface area contributed by atoms with Gasteiger partial charge in [-0.05, 0) is 25.8 Å². The third-order valence-corrected chi connectivity index (χ3v) is 4.07. The lowest BCUT2D eigenvalue weighted by atomic mass is 9.89. The molecule has 78 valence electrons. The molecule has 0 saturated heterocycles. The van der Waals surface area contributed by atoms with Crippen LogP contribution in [0, 0.1) is 0 Å². The first kappa shape index (κ1) is 10.1. The van der Waals surface area contributed by atoms with E-state index >= 15 is 0 Å². The molecule has 1 saturated carbocycles. The number of nitrogens with zero attached hydrogens (tertiary/aromatic N) is 1. The molecule has 3 heteroatoms. The van der Waals surface area contributed by atoms with Crippen LogP contribution in [0.3, 0.4) is 0 Å². The molecule has 0 aliphatic heterocycles. The Labute approximate surface area is 89.8 Å². The zero-order valence-electron chi connectivity index (χ0n) is 8.75. The maximum absolute atomic E-state index is 4.44. The summed E-state index contributed by atoms with van der Waals surface area (Å²) in [4.78, 5) is 5.95. The van der Waals surface area contributed by atoms with Crippen molar-refractivity contribution in [3.8, 4) is 0 Å². The lowest BCUT2D eigenvalue weighted by Crippen LogP contribution is -2.04. The molecule has 2 nitrogen and oxygen atoms in total. The number of aromatic nitrogens is 1. The van der Waals surface area contributed by atoms with E-state index < -0.39 is 0 Å². The molecule has 0 radical (unpaired) electrons. The van der Waals surface area contributed by atoms with Crippen LogP contribution in [0.1, 0.15) is 47.9 Å². The molecule has 1 fully saturated rings. The minimum Gasteiger partial charge on any atom is -0.314 e. The average Bonchev–Trinajstić information content (AvgIpc) is 2.68. The molecule has 0 bridgehead atoms. The minimum atomic E-state index is 0.812. The molecule has 0 atom stereocenters. The van der Waals surface area contributed by atoms with Gasteiger partial charge in [0.05, 0.1) is 0 Å². The summed E-state index contributed by atoms with van der Waals surface area (Å²) in [5, 5.41) is 4.38. The van der Waals surface area contributed by atoms with Crippen LogP contribution in [0.15, 0.2) is 6.20 Å². The lowest BCUT2D eigenvalue weighted by Gasteiger charge is -2.19. The van der Waals surface area contributed by atoms with Crippen LogP contribution < -0.4 is 5.32 Å². The molecule has 1 aliphatic rings. The van der Waals surface area contributed by atoms with Gasteiger partial charge in [-0.15, -0.1) is 11.3 Å². The van der Waals surface area contributed by atoms with Gasteiger partial charge >= 0.3 is 0 Å². The van der Waals surface area contributed by atoms with Crippen LogP contribution >= 0.6 is 11.3 Å². The Kier molecular flexibility index (Phi) is 3.54. The van der Waals surface area contributed by atoms with E-state index in [-0.39, 0.29) is 0 Å². The number of thiazole rings is 1. The third-order valence-electron chi connectivity index (χ3n) is 2.91. The Morgan fingerprint density at radius 2 is 2.21 bits per heavy atom. The first-order chi connectivity index (χ1) is 6.90. The van der Waals surface area contributed by atoms with E-state index in [0.717, 1.165) is 12.5 Å². The second kappa shape index (κ2) is 4.89. The monoisotopic (exact) mass is 210 g/mol. The molecule has 1 aromatic heterocycles. The van der Waals surface area contributed by atoms with E-state index in [0.29, 0.717) is 0 Å². The summed E-state index contributed by atoms with van der Waals surface area (Å²) in [6.07, 6.45) is 9.09. The van der Waals surface area contributed by atoms with Gasteiger partial charge in [-0.3, -0.25) is 0 Å². The molecule has 1 aromatic rings. The van der Waals surface area contributed by atoms with Gasteiger partial charge in [-0.25, -0.2) is 4.98 Å². The van der Waals surface area contributed by atoms with Crippen LogP contribution in [0.5, 0.6) is 0 Å². The van der Waals surface area contributed by atoms with E-state index in [9.17, 15) is 0 Å². The Hall–Kier alpha value is -0.410. The first-order valence-electron chi connectivity index (χ1n) is 5.49. The van der Waals surface area contributed by atoms with Crippen LogP contribution in [-0.2, 0) is 6.54 Å². The Balaban J connectivity index is 2.00. The molecule has 1 aliphatic carbocycles. The Morgan fingerprint density at radius 3 is 2.93 bits per heavy atom. The van der Waals surface area contributed by atoms with Gasteiger partial charge in [0, 0.05) is 17.6 Å². The summed E-state index contributed by atoms with van der Waals surface area (Å²) in [5.41, 5.74) is 0. The van der Waals surface area contributed by atoms with Crippen molar-refractivity contribution < 1.29 is 0 Å². The summed E-state index contributed by atoms with van der Waals surface area (Å²) in [7, 11) is 1.97. The first-order valence-corrected chi connectivity index (χ1v) is 6.31. The van der Waals surface area contributed by atoms with E-state index in [4.69, 9.17) is 0 Å². The molecule has 0 spiro atoms. The van der Waals surface area contributed by atoms with Crippen LogP contribution in [0.4, 0.5) is 0 Å². The summed E-state index contributed by atoms with van der Waals surface area (Å²) in [5.74, 6) is 0.812. The van der Waals surface area contributed by atoms with Crippen molar-refractivity contribution in [3.63, 3.8) is 0 Å². The highest BCUT2D eigenvalue weighted by Gasteiger charge is 2.17. The van der Waals surface area contributed by atoms with Crippen LogP contribution in [0.2, 0.25) is 0 Å². The van der Waals surface area contributed by atoms with E-state index in [1.54, 1.807) is 0 Å². The van der Waals surface area contributed by atoms with Gasteiger partial charge in [0.15, 0.2) is 0 Å². The minimum absolute atomic E-state index is 0.812. The van der Waals surface area contributed by atoms with Crippen molar-refractivity contribution in [1.82, 2.24) is 10.3 Å². The van der Waals surface area contributed by atoms with E-state index in [1.807, 2.05) is 18.4 Å². The SMILES string of the molecule is CNCc1ncc(C2CCCCC2)s1. The molecular formula is C11H18N2S. The predicted octanol–water partition coefficient (Wildman–Crippen LogP) is 2.91. The van der Waals surface area contributed by atoms with Crippen molar-refractivity contribution in [3.05, 3.63) is 16.1 Å². The standard InChI is InChI=1S/C11H18N2S/c1-12-8-11-13-7-10(14-11)9-5-3-2-4-6-9/h7,9,12H,2-6,8H2,1H3. The molecule has 0 amide bonds. The fraction of sp³-hybridized carbons (Fsp3) is 0.727. The molecule has 2 rings (SSSR count). The topological polar surface area (TPSA) is 24.9 Å². The molecule has 1 N–H and O–H groups in total. The smallest absolute Gasteiger partial charge is 0.107 e. The average molecular weight is 210 g/mol. The molecule has 14 heavy (non-hydrogen) atoms. The maximum atomic E-state index is 4.44. The fourth-order valence-corrected chi connectivity index (χ4v) is 3.23. The normalized spacial score (nSPS) is 18.6. The van der Waals surface area contributed by atoms with Gasteiger partial charge in [-0.1, -0.05) is 19.3 Å². The van der Waals surface area contributed by atoms with E-state index in [2.05, 4.69) is 16.5 Å². The molecule has 1 heterocycles. The zero-order chi connectivity index (χ0) is 9.80. The number of hydrogen-bond acceptors (Lipinski definition) is 3. The van der Waals surface area contributed by atoms with E-state index in [1.165, 1.54) is 42.0 Å². The second-order valence-electron chi connectivity index (χ2n) is 4.02. The summed E-state index contributed by atoms with van der Waals surface area (Å²) in [6.45, 7) is 0.914. The highest BCUT2D eigenvalue weighted by Crippen LogP contribution is 2.35. The third kappa shape index (κ3) is 2.34. The molecular weight excluding hydrogens is 192 g/mol. The van der Waals surface area contributed by atoms with Crippen molar-refractivity contribution in [2.45, 2.75) is 44.6 Å². The van der Waals surface area contributed by atoms with Crippen molar-refractivity contribution in [2.24, 2.45) is 0 Å². The highest BCUT2D eigenvalue weighted by molar-refractivity contribution is 7.11. The maximum Gasteiger partial charge on any atom is 0.107 e. The molecule has 0 unspecified atom stereocenters. The Morgan fingerprint density at radius 1 is 1.43 bits per heavy atom. The second-order valence-corrected chi connectivity index (χ2v) is 5.17. The Bertz CT molecular complexity index is 277. The molecule has 0 aromatic carbocycles. The van der Waals surface area contributed by atoms with Gasteiger partial charge in [-0.2, -0.15) is 0 Å². The highest BCUT2D eigenvalue weighted by atomic mass is 32.1. The number of rotatable bonds is 3. The summed E-state index contributed by atoms with van der Waals surface area (Å²) in [6, 6.07) is 0. The lowest BCUT2D eigenvalue weighted by molar-refractivity contribution is 0.448. The predicted molar refractivity (Wildman–Crippen MR) is 60.7 cm³/mol. The van der Waals surface area contributed by atoms with Crippen molar-refractivity contribution in [2.75, 3.05) is 7.05 Å². The summed E-state index contributed by atoms with van der Waals surface area (Å²) < 4.78 is 0. The largest absolute Gasteiger partial charge is 0.314 e. The quantitative estimate of drug-likeness (QED) is 0.829. The van der Waals surface area contributed by atoms with Crippen molar-refractivity contribution in [1.29, 1.82) is 0 Å². The zero-order valence-corrected chi connectivity index (χ0v) is 9.57. The van der Waals surface area contributed by atoms with Crippen molar-refractivity contribution >= 4 is 11.3 Å².